The molecular formula is C15H26BrNO4. The second kappa shape index (κ2) is 8.61. The number of esters is 1. The minimum absolute atomic E-state index is 0.00408. The molecule has 0 bridgehead atoms. The molecule has 0 aromatic rings. The molecule has 1 saturated carbocycles. The zero-order valence-corrected chi connectivity index (χ0v) is 14.7. The number of nitrogens with one attached hydrogen (secondary N) is 1. The number of amides is 1. The van der Waals surface area contributed by atoms with Crippen LogP contribution in [0.4, 0.5) is 4.79 Å². The number of hydrogen-bond donors (Lipinski definition) is 1. The molecule has 1 N–H and O–H groups in total. The summed E-state index contributed by atoms with van der Waals surface area (Å²) in [6, 6.07) is -0.641. The Hall–Kier alpha value is -0.780. The van der Waals surface area contributed by atoms with Gasteiger partial charge in [0, 0.05) is 5.33 Å². The predicted octanol–water partition coefficient (Wildman–Crippen LogP) is 3.54. The first kappa shape index (κ1) is 18.3. The average molecular weight is 364 g/mol. The fourth-order valence-corrected chi connectivity index (χ4v) is 2.56. The molecule has 0 unspecified atom stereocenters. The number of alkyl carbamates (subject to hydrolysis) is 1. The van der Waals surface area contributed by atoms with Crippen LogP contribution in [0.1, 0.15) is 59.3 Å². The van der Waals surface area contributed by atoms with Crippen molar-refractivity contribution in [2.24, 2.45) is 0 Å². The van der Waals surface area contributed by atoms with E-state index in [-0.39, 0.29) is 12.1 Å². The molecule has 0 aromatic carbocycles. The van der Waals surface area contributed by atoms with Crippen molar-refractivity contribution in [3.63, 3.8) is 0 Å². The maximum Gasteiger partial charge on any atom is 0.408 e. The summed E-state index contributed by atoms with van der Waals surface area (Å²) in [5.74, 6) is -0.353. The zero-order chi connectivity index (χ0) is 15.9. The number of halogens is 1. The molecule has 1 aliphatic carbocycles. The van der Waals surface area contributed by atoms with Crippen molar-refractivity contribution in [1.29, 1.82) is 0 Å². The van der Waals surface area contributed by atoms with Crippen LogP contribution in [0.25, 0.3) is 0 Å². The number of hydrogen-bond acceptors (Lipinski definition) is 4. The minimum atomic E-state index is -0.641. The molecule has 1 amide bonds. The first-order chi connectivity index (χ1) is 9.81. The second-order valence-corrected chi connectivity index (χ2v) is 7.17. The van der Waals surface area contributed by atoms with Crippen LogP contribution in [0.3, 0.4) is 0 Å². The molecule has 1 rings (SSSR count). The van der Waals surface area contributed by atoms with Crippen molar-refractivity contribution >= 4 is 28.0 Å². The number of rotatable bonds is 6. The van der Waals surface area contributed by atoms with Gasteiger partial charge in [0.2, 0.25) is 0 Å². The van der Waals surface area contributed by atoms with E-state index in [2.05, 4.69) is 21.2 Å². The SMILES string of the molecule is CC(C)(C)OC(=O)N[C@H](CCCBr)C(=O)OC1CCCC1. The Balaban J connectivity index is 2.52. The Morgan fingerprint density at radius 2 is 1.90 bits per heavy atom. The quantitative estimate of drug-likeness (QED) is 0.578. The Morgan fingerprint density at radius 1 is 1.29 bits per heavy atom. The molecule has 1 aliphatic rings. The zero-order valence-electron chi connectivity index (χ0n) is 13.1. The van der Waals surface area contributed by atoms with Gasteiger partial charge in [0.15, 0.2) is 0 Å². The van der Waals surface area contributed by atoms with Gasteiger partial charge < -0.3 is 14.8 Å². The summed E-state index contributed by atoms with van der Waals surface area (Å²) in [4.78, 5) is 24.0. The highest BCUT2D eigenvalue weighted by Gasteiger charge is 2.28. The third-order valence-corrected chi connectivity index (χ3v) is 3.75. The monoisotopic (exact) mass is 363 g/mol. The van der Waals surface area contributed by atoms with Crippen LogP contribution in [0.5, 0.6) is 0 Å². The first-order valence-corrected chi connectivity index (χ1v) is 8.70. The van der Waals surface area contributed by atoms with Crippen molar-refractivity contribution in [3.05, 3.63) is 0 Å². The van der Waals surface area contributed by atoms with Crippen LogP contribution in [-0.2, 0) is 14.3 Å². The first-order valence-electron chi connectivity index (χ1n) is 7.58. The Kier molecular flexibility index (Phi) is 7.49. The van der Waals surface area contributed by atoms with Gasteiger partial charge in [-0.2, -0.15) is 0 Å². The third kappa shape index (κ3) is 7.69. The van der Waals surface area contributed by atoms with Crippen molar-refractivity contribution in [2.75, 3.05) is 5.33 Å². The van der Waals surface area contributed by atoms with E-state index in [9.17, 15) is 9.59 Å². The van der Waals surface area contributed by atoms with Crippen LogP contribution in [-0.4, -0.2) is 35.1 Å². The minimum Gasteiger partial charge on any atom is -0.461 e. The molecule has 122 valence electrons. The number of carbonyl (C=O) groups excluding carboxylic acids is 2. The van der Waals surface area contributed by atoms with Crippen molar-refractivity contribution in [2.45, 2.75) is 77.0 Å². The second-order valence-electron chi connectivity index (χ2n) is 6.37. The average Bonchev–Trinajstić information content (AvgIpc) is 2.84. The Labute approximate surface area is 135 Å². The molecule has 1 fully saturated rings. The fraction of sp³-hybridized carbons (Fsp3) is 0.867. The highest BCUT2D eigenvalue weighted by atomic mass is 79.9. The lowest BCUT2D eigenvalue weighted by atomic mass is 10.1. The highest BCUT2D eigenvalue weighted by molar-refractivity contribution is 9.09. The summed E-state index contributed by atoms with van der Waals surface area (Å²) in [5, 5.41) is 3.40. The fourth-order valence-electron chi connectivity index (χ4n) is 2.23. The summed E-state index contributed by atoms with van der Waals surface area (Å²) in [5.41, 5.74) is -0.584. The molecular weight excluding hydrogens is 338 g/mol. The molecule has 1 atom stereocenters. The van der Waals surface area contributed by atoms with E-state index >= 15 is 0 Å². The highest BCUT2D eigenvalue weighted by Crippen LogP contribution is 2.21. The summed E-state index contributed by atoms with van der Waals surface area (Å²) in [7, 11) is 0. The van der Waals surface area contributed by atoms with E-state index in [0.717, 1.165) is 37.4 Å². The van der Waals surface area contributed by atoms with Crippen LogP contribution < -0.4 is 5.32 Å². The molecule has 6 heteroatoms. The van der Waals surface area contributed by atoms with Gasteiger partial charge in [-0.25, -0.2) is 9.59 Å². The summed E-state index contributed by atoms with van der Waals surface area (Å²) < 4.78 is 10.7. The van der Waals surface area contributed by atoms with E-state index < -0.39 is 17.7 Å². The molecule has 0 radical (unpaired) electrons. The largest absolute Gasteiger partial charge is 0.461 e. The third-order valence-electron chi connectivity index (χ3n) is 3.19. The standard InChI is InChI=1S/C15H26BrNO4/c1-15(2,3)21-14(19)17-12(9-6-10-16)13(18)20-11-7-4-5-8-11/h11-12H,4-10H2,1-3H3,(H,17,19)/t12-/m1/s1. The van der Waals surface area contributed by atoms with Gasteiger partial charge in [0.05, 0.1) is 0 Å². The maximum atomic E-state index is 12.2. The smallest absolute Gasteiger partial charge is 0.408 e. The summed E-state index contributed by atoms with van der Waals surface area (Å²) in [6.45, 7) is 5.37. The van der Waals surface area contributed by atoms with Gasteiger partial charge in [-0.15, -0.1) is 0 Å². The van der Waals surface area contributed by atoms with Crippen LogP contribution >= 0.6 is 15.9 Å². The maximum absolute atomic E-state index is 12.2. The van der Waals surface area contributed by atoms with Gasteiger partial charge in [-0.1, -0.05) is 15.9 Å². The van der Waals surface area contributed by atoms with Crippen molar-refractivity contribution in [1.82, 2.24) is 5.32 Å². The lowest BCUT2D eigenvalue weighted by molar-refractivity contribution is -0.151. The normalized spacial score (nSPS) is 17.3. The van der Waals surface area contributed by atoms with Crippen molar-refractivity contribution in [3.8, 4) is 0 Å². The van der Waals surface area contributed by atoms with Crippen molar-refractivity contribution < 1.29 is 19.1 Å². The number of alkyl halides is 1. The Morgan fingerprint density at radius 3 is 2.43 bits per heavy atom. The van der Waals surface area contributed by atoms with Gasteiger partial charge in [0.1, 0.15) is 17.7 Å². The molecule has 0 spiro atoms. The van der Waals surface area contributed by atoms with E-state index in [1.165, 1.54) is 0 Å². The molecule has 0 aromatic heterocycles. The van der Waals surface area contributed by atoms with Gasteiger partial charge >= 0.3 is 12.1 Å². The topological polar surface area (TPSA) is 64.6 Å². The van der Waals surface area contributed by atoms with Gasteiger partial charge in [-0.05, 0) is 59.3 Å². The van der Waals surface area contributed by atoms with Crippen LogP contribution in [0.15, 0.2) is 0 Å². The lowest BCUT2D eigenvalue weighted by Crippen LogP contribution is -2.45. The molecule has 5 nitrogen and oxygen atoms in total. The number of carbonyl (C=O) groups is 2. The molecule has 0 aliphatic heterocycles. The summed E-state index contributed by atoms with van der Waals surface area (Å²) in [6.07, 6.45) is 4.78. The molecule has 0 heterocycles. The molecule has 0 saturated heterocycles. The van der Waals surface area contributed by atoms with E-state index in [4.69, 9.17) is 9.47 Å². The lowest BCUT2D eigenvalue weighted by Gasteiger charge is -2.23. The van der Waals surface area contributed by atoms with Crippen LogP contribution in [0.2, 0.25) is 0 Å². The van der Waals surface area contributed by atoms with E-state index in [1.54, 1.807) is 20.8 Å². The van der Waals surface area contributed by atoms with Crippen LogP contribution in [0, 0.1) is 0 Å². The van der Waals surface area contributed by atoms with E-state index in [1.807, 2.05) is 0 Å². The van der Waals surface area contributed by atoms with E-state index in [0.29, 0.717) is 6.42 Å². The van der Waals surface area contributed by atoms with Gasteiger partial charge in [-0.3, -0.25) is 0 Å². The summed E-state index contributed by atoms with van der Waals surface area (Å²) >= 11 is 3.33. The van der Waals surface area contributed by atoms with Gasteiger partial charge in [0.25, 0.3) is 0 Å². The predicted molar refractivity (Wildman–Crippen MR) is 84.5 cm³/mol. The molecule has 21 heavy (non-hydrogen) atoms. The number of ether oxygens (including phenoxy) is 2. The Bertz CT molecular complexity index is 348.